The predicted molar refractivity (Wildman–Crippen MR) is 41.6 cm³/mol. The van der Waals surface area contributed by atoms with Crippen molar-refractivity contribution in [2.45, 2.75) is 6.42 Å². The van der Waals surface area contributed by atoms with Gasteiger partial charge in [0.25, 0.3) is 0 Å². The van der Waals surface area contributed by atoms with Crippen molar-refractivity contribution in [2.24, 2.45) is 0 Å². The topological polar surface area (TPSA) is 43.1 Å². The fourth-order valence-electron chi connectivity index (χ4n) is 0.782. The molecule has 0 unspecified atom stereocenters. The Kier molecular flexibility index (Phi) is 2.21. The van der Waals surface area contributed by atoms with Crippen LogP contribution in [-0.4, -0.2) is 10.3 Å². The molecule has 0 bridgehead atoms. The van der Waals surface area contributed by atoms with Crippen LogP contribution in [-0.2, 0) is 0 Å². The first kappa shape index (κ1) is 7.47. The largest absolute Gasteiger partial charge is 0.259 e. The summed E-state index contributed by atoms with van der Waals surface area (Å²) in [7, 11) is 0. The highest BCUT2D eigenvalue weighted by atomic mass is 79.9. The van der Waals surface area contributed by atoms with Crippen LogP contribution >= 0.6 is 15.9 Å². The van der Waals surface area contributed by atoms with Crippen LogP contribution in [0.25, 0.3) is 0 Å². The molecule has 0 aliphatic heterocycles. The van der Waals surface area contributed by atoms with Crippen molar-refractivity contribution in [3.8, 4) is 0 Å². The van der Waals surface area contributed by atoms with Crippen molar-refractivity contribution in [1.29, 1.82) is 0 Å². The SMILES string of the molecule is O=[N+]([O-])C1=CC=C(CBr)C1. The van der Waals surface area contributed by atoms with Gasteiger partial charge in [0.05, 0.1) is 11.3 Å². The lowest BCUT2D eigenvalue weighted by Crippen LogP contribution is -1.96. The Morgan fingerprint density at radius 1 is 1.70 bits per heavy atom. The molecule has 0 fully saturated rings. The molecule has 0 saturated carbocycles. The highest BCUT2D eigenvalue weighted by Gasteiger charge is 2.16. The predicted octanol–water partition coefficient (Wildman–Crippen LogP) is 1.87. The van der Waals surface area contributed by atoms with E-state index in [-0.39, 0.29) is 10.6 Å². The molecule has 0 heterocycles. The first-order chi connectivity index (χ1) is 4.74. The molecule has 0 radical (unpaired) electrons. The van der Waals surface area contributed by atoms with Crippen molar-refractivity contribution >= 4 is 15.9 Å². The smallest absolute Gasteiger partial charge is 0.250 e. The monoisotopic (exact) mass is 203 g/mol. The fourth-order valence-corrected chi connectivity index (χ4v) is 1.17. The van der Waals surface area contributed by atoms with E-state index in [1.807, 2.05) is 0 Å². The standard InChI is InChI=1S/C6H6BrNO2/c7-4-5-1-2-6(3-5)8(9)10/h1-2H,3-4H2. The second kappa shape index (κ2) is 2.96. The lowest BCUT2D eigenvalue weighted by molar-refractivity contribution is -0.426. The maximum absolute atomic E-state index is 10.2. The van der Waals surface area contributed by atoms with Crippen LogP contribution in [0.2, 0.25) is 0 Å². The quantitative estimate of drug-likeness (QED) is 0.391. The van der Waals surface area contributed by atoms with Gasteiger partial charge in [0, 0.05) is 11.4 Å². The van der Waals surface area contributed by atoms with Crippen LogP contribution in [0.3, 0.4) is 0 Å². The second-order valence-electron chi connectivity index (χ2n) is 2.05. The summed E-state index contributed by atoms with van der Waals surface area (Å²) in [6.45, 7) is 0. The van der Waals surface area contributed by atoms with Crippen molar-refractivity contribution in [2.75, 3.05) is 5.33 Å². The summed E-state index contributed by atoms with van der Waals surface area (Å²) in [5.41, 5.74) is 1.35. The van der Waals surface area contributed by atoms with Crippen LogP contribution in [0.4, 0.5) is 0 Å². The summed E-state index contributed by atoms with van der Waals surface area (Å²) in [5, 5.41) is 10.9. The molecule has 0 spiro atoms. The van der Waals surface area contributed by atoms with Crippen molar-refractivity contribution in [3.63, 3.8) is 0 Å². The maximum Gasteiger partial charge on any atom is 0.250 e. The third kappa shape index (κ3) is 1.44. The molecule has 0 aromatic heterocycles. The molecule has 3 nitrogen and oxygen atoms in total. The summed E-state index contributed by atoms with van der Waals surface area (Å²) in [6.07, 6.45) is 3.82. The third-order valence-electron chi connectivity index (χ3n) is 1.33. The Morgan fingerprint density at radius 2 is 2.40 bits per heavy atom. The average molecular weight is 204 g/mol. The number of hydrogen-bond donors (Lipinski definition) is 0. The Hall–Kier alpha value is -0.640. The van der Waals surface area contributed by atoms with Crippen LogP contribution in [0.1, 0.15) is 6.42 Å². The second-order valence-corrected chi connectivity index (χ2v) is 2.61. The van der Waals surface area contributed by atoms with Crippen LogP contribution < -0.4 is 0 Å². The van der Waals surface area contributed by atoms with E-state index < -0.39 is 0 Å². The molecule has 0 amide bonds. The molecule has 1 rings (SSSR count). The minimum Gasteiger partial charge on any atom is -0.259 e. The van der Waals surface area contributed by atoms with Gasteiger partial charge < -0.3 is 0 Å². The van der Waals surface area contributed by atoms with Crippen LogP contribution in [0.15, 0.2) is 23.4 Å². The molecular weight excluding hydrogens is 198 g/mol. The molecule has 54 valence electrons. The number of allylic oxidation sites excluding steroid dienone is 3. The van der Waals surface area contributed by atoms with Gasteiger partial charge in [-0.05, 0) is 5.57 Å². The zero-order valence-electron chi connectivity index (χ0n) is 5.21. The summed E-state index contributed by atoms with van der Waals surface area (Å²) in [6, 6.07) is 0. The lowest BCUT2D eigenvalue weighted by atomic mass is 10.2. The number of hydrogen-bond acceptors (Lipinski definition) is 2. The van der Waals surface area contributed by atoms with Crippen molar-refractivity contribution < 1.29 is 4.92 Å². The zero-order valence-corrected chi connectivity index (χ0v) is 6.80. The molecule has 0 saturated heterocycles. The van der Waals surface area contributed by atoms with E-state index in [2.05, 4.69) is 15.9 Å². The number of halogens is 1. The molecular formula is C6H6BrNO2. The van der Waals surface area contributed by atoms with Gasteiger partial charge in [0.15, 0.2) is 0 Å². The van der Waals surface area contributed by atoms with E-state index >= 15 is 0 Å². The Labute approximate surface area is 66.7 Å². The molecule has 10 heavy (non-hydrogen) atoms. The summed E-state index contributed by atoms with van der Waals surface area (Å²) in [4.78, 5) is 9.81. The molecule has 1 aliphatic carbocycles. The maximum atomic E-state index is 10.2. The van der Waals surface area contributed by atoms with Gasteiger partial charge in [-0.25, -0.2) is 0 Å². The van der Waals surface area contributed by atoms with E-state index in [1.165, 1.54) is 0 Å². The summed E-state index contributed by atoms with van der Waals surface area (Å²) in [5.74, 6) is 0. The summed E-state index contributed by atoms with van der Waals surface area (Å²) >= 11 is 3.23. The van der Waals surface area contributed by atoms with Gasteiger partial charge >= 0.3 is 0 Å². The highest BCUT2D eigenvalue weighted by Crippen LogP contribution is 2.20. The van der Waals surface area contributed by atoms with E-state index in [4.69, 9.17) is 0 Å². The lowest BCUT2D eigenvalue weighted by Gasteiger charge is -1.91. The van der Waals surface area contributed by atoms with Crippen LogP contribution in [0.5, 0.6) is 0 Å². The Balaban J connectivity index is 2.56. The van der Waals surface area contributed by atoms with E-state index in [1.54, 1.807) is 12.2 Å². The van der Waals surface area contributed by atoms with Crippen molar-refractivity contribution in [3.05, 3.63) is 33.5 Å². The van der Waals surface area contributed by atoms with E-state index in [0.29, 0.717) is 6.42 Å². The number of nitro groups is 1. The first-order valence-corrected chi connectivity index (χ1v) is 3.95. The Bertz CT molecular complexity index is 220. The number of nitrogens with zero attached hydrogens (tertiary/aromatic N) is 1. The van der Waals surface area contributed by atoms with Gasteiger partial charge in [0.2, 0.25) is 5.70 Å². The highest BCUT2D eigenvalue weighted by molar-refractivity contribution is 9.09. The van der Waals surface area contributed by atoms with Gasteiger partial charge in [0.1, 0.15) is 0 Å². The van der Waals surface area contributed by atoms with Crippen molar-refractivity contribution in [1.82, 2.24) is 0 Å². The first-order valence-electron chi connectivity index (χ1n) is 2.83. The summed E-state index contributed by atoms with van der Waals surface area (Å²) < 4.78 is 0. The van der Waals surface area contributed by atoms with Crippen LogP contribution in [0, 0.1) is 10.1 Å². The zero-order chi connectivity index (χ0) is 7.56. The molecule has 0 aromatic rings. The molecule has 0 aromatic carbocycles. The van der Waals surface area contributed by atoms with Gasteiger partial charge in [-0.3, -0.25) is 10.1 Å². The van der Waals surface area contributed by atoms with Gasteiger partial charge in [-0.2, -0.15) is 0 Å². The van der Waals surface area contributed by atoms with Gasteiger partial charge in [-0.1, -0.05) is 22.0 Å². The number of rotatable bonds is 2. The molecule has 0 N–H and O–H groups in total. The van der Waals surface area contributed by atoms with Gasteiger partial charge in [-0.15, -0.1) is 0 Å². The molecule has 1 aliphatic rings. The fraction of sp³-hybridized carbons (Fsp3) is 0.333. The minimum absolute atomic E-state index is 0.287. The van der Waals surface area contributed by atoms with E-state index in [0.717, 1.165) is 10.9 Å². The average Bonchev–Trinajstić information content (AvgIpc) is 2.34. The van der Waals surface area contributed by atoms with E-state index in [9.17, 15) is 10.1 Å². The molecule has 0 atom stereocenters. The normalized spacial score (nSPS) is 16.5. The third-order valence-corrected chi connectivity index (χ3v) is 2.05. The number of alkyl halides is 1. The molecule has 4 heteroatoms. The Morgan fingerprint density at radius 3 is 2.70 bits per heavy atom. The minimum atomic E-state index is -0.341.